The first-order chi connectivity index (χ1) is 9.71. The van der Waals surface area contributed by atoms with E-state index in [1.165, 1.54) is 7.11 Å². The van der Waals surface area contributed by atoms with Crippen molar-refractivity contribution in [2.24, 2.45) is 0 Å². The Morgan fingerprint density at radius 3 is 2.40 bits per heavy atom. The van der Waals surface area contributed by atoms with Crippen molar-refractivity contribution >= 4 is 5.97 Å². The van der Waals surface area contributed by atoms with Gasteiger partial charge in [-0.1, -0.05) is 30.3 Å². The van der Waals surface area contributed by atoms with Gasteiger partial charge in [-0.05, 0) is 19.5 Å². The number of likely N-dealkylation sites (N-methyl/N-ethyl adjacent to an activating group) is 1. The van der Waals surface area contributed by atoms with Gasteiger partial charge in [-0.15, -0.1) is 0 Å². The van der Waals surface area contributed by atoms with Crippen LogP contribution in [0.2, 0.25) is 0 Å². The Balaban J connectivity index is 2.82. The van der Waals surface area contributed by atoms with Crippen LogP contribution in [-0.2, 0) is 24.5 Å². The molecule has 0 aliphatic carbocycles. The van der Waals surface area contributed by atoms with Gasteiger partial charge in [0.05, 0.1) is 26.9 Å². The first-order valence-electron chi connectivity index (χ1n) is 6.69. The van der Waals surface area contributed by atoms with Crippen LogP contribution in [0.5, 0.6) is 0 Å². The standard InChI is InChI=1S/C15H23NO4/c1-4-19-10-11-20-12-15(16-2,14(17)18-3)13-8-6-5-7-9-13/h5-9,16H,4,10-12H2,1-3H3. The summed E-state index contributed by atoms with van der Waals surface area (Å²) in [6, 6.07) is 9.41. The average Bonchev–Trinajstić information content (AvgIpc) is 2.51. The maximum Gasteiger partial charge on any atom is 0.333 e. The van der Waals surface area contributed by atoms with E-state index in [4.69, 9.17) is 14.2 Å². The molecule has 0 heterocycles. The van der Waals surface area contributed by atoms with Crippen molar-refractivity contribution < 1.29 is 19.0 Å². The van der Waals surface area contributed by atoms with E-state index in [1.807, 2.05) is 37.3 Å². The summed E-state index contributed by atoms with van der Waals surface area (Å²) in [6.45, 7) is 3.70. The zero-order valence-corrected chi connectivity index (χ0v) is 12.3. The van der Waals surface area contributed by atoms with Crippen LogP contribution in [0.1, 0.15) is 12.5 Å². The molecule has 0 aliphatic rings. The fourth-order valence-corrected chi connectivity index (χ4v) is 1.96. The minimum Gasteiger partial charge on any atom is -0.467 e. The van der Waals surface area contributed by atoms with Crippen LogP contribution in [0.4, 0.5) is 0 Å². The third-order valence-electron chi connectivity index (χ3n) is 3.12. The minimum absolute atomic E-state index is 0.188. The topological polar surface area (TPSA) is 56.8 Å². The summed E-state index contributed by atoms with van der Waals surface area (Å²) >= 11 is 0. The number of benzene rings is 1. The van der Waals surface area contributed by atoms with Crippen LogP contribution in [0.25, 0.3) is 0 Å². The second-order valence-corrected chi connectivity index (χ2v) is 4.26. The van der Waals surface area contributed by atoms with E-state index in [0.29, 0.717) is 19.8 Å². The van der Waals surface area contributed by atoms with E-state index < -0.39 is 5.54 Å². The Morgan fingerprint density at radius 2 is 1.85 bits per heavy atom. The molecule has 5 heteroatoms. The van der Waals surface area contributed by atoms with Gasteiger partial charge in [0.25, 0.3) is 0 Å². The van der Waals surface area contributed by atoms with E-state index in [9.17, 15) is 4.79 Å². The van der Waals surface area contributed by atoms with Gasteiger partial charge in [0.2, 0.25) is 0 Å². The Morgan fingerprint density at radius 1 is 1.20 bits per heavy atom. The molecule has 20 heavy (non-hydrogen) atoms. The Hall–Kier alpha value is -1.43. The number of hydrogen-bond acceptors (Lipinski definition) is 5. The van der Waals surface area contributed by atoms with Gasteiger partial charge in [-0.25, -0.2) is 4.79 Å². The number of nitrogens with one attached hydrogen (secondary N) is 1. The zero-order chi connectivity index (χ0) is 14.8. The van der Waals surface area contributed by atoms with Gasteiger partial charge in [0.1, 0.15) is 0 Å². The lowest BCUT2D eigenvalue weighted by Crippen LogP contribution is -2.52. The molecule has 0 saturated heterocycles. The highest BCUT2D eigenvalue weighted by molar-refractivity contribution is 5.82. The summed E-state index contributed by atoms with van der Waals surface area (Å²) in [7, 11) is 3.09. The highest BCUT2D eigenvalue weighted by atomic mass is 16.5. The van der Waals surface area contributed by atoms with Crippen molar-refractivity contribution in [1.29, 1.82) is 0 Å². The molecule has 0 spiro atoms. The van der Waals surface area contributed by atoms with Crippen molar-refractivity contribution in [2.45, 2.75) is 12.5 Å². The lowest BCUT2D eigenvalue weighted by atomic mass is 9.91. The van der Waals surface area contributed by atoms with Crippen LogP contribution in [0.15, 0.2) is 30.3 Å². The largest absolute Gasteiger partial charge is 0.467 e. The fourth-order valence-electron chi connectivity index (χ4n) is 1.96. The van der Waals surface area contributed by atoms with Gasteiger partial charge in [0, 0.05) is 6.61 Å². The molecule has 1 N–H and O–H groups in total. The molecule has 0 bridgehead atoms. The number of esters is 1. The number of methoxy groups -OCH3 is 1. The highest BCUT2D eigenvalue weighted by Gasteiger charge is 2.40. The second kappa shape index (κ2) is 8.68. The Kier molecular flexibility index (Phi) is 7.22. The number of ether oxygens (including phenoxy) is 3. The van der Waals surface area contributed by atoms with Crippen LogP contribution < -0.4 is 5.32 Å². The summed E-state index contributed by atoms with van der Waals surface area (Å²) < 4.78 is 15.7. The maximum absolute atomic E-state index is 12.2. The third kappa shape index (κ3) is 4.03. The first kappa shape index (κ1) is 16.6. The van der Waals surface area contributed by atoms with Gasteiger partial charge in [-0.2, -0.15) is 0 Å². The van der Waals surface area contributed by atoms with Crippen molar-refractivity contribution in [3.63, 3.8) is 0 Å². The van der Waals surface area contributed by atoms with Crippen LogP contribution in [0.3, 0.4) is 0 Å². The van der Waals surface area contributed by atoms with E-state index >= 15 is 0 Å². The molecular formula is C15H23NO4. The molecule has 0 amide bonds. The summed E-state index contributed by atoms with van der Waals surface area (Å²) in [5.74, 6) is -0.373. The normalized spacial score (nSPS) is 13.8. The summed E-state index contributed by atoms with van der Waals surface area (Å²) in [5, 5.41) is 3.03. The number of rotatable bonds is 9. The van der Waals surface area contributed by atoms with Gasteiger partial charge >= 0.3 is 5.97 Å². The Labute approximate surface area is 120 Å². The molecule has 1 aromatic carbocycles. The maximum atomic E-state index is 12.2. The lowest BCUT2D eigenvalue weighted by molar-refractivity contribution is -0.152. The van der Waals surface area contributed by atoms with E-state index in [0.717, 1.165) is 5.56 Å². The molecule has 1 rings (SSSR count). The lowest BCUT2D eigenvalue weighted by Gasteiger charge is -2.30. The first-order valence-corrected chi connectivity index (χ1v) is 6.69. The smallest absolute Gasteiger partial charge is 0.333 e. The molecular weight excluding hydrogens is 258 g/mol. The van der Waals surface area contributed by atoms with Crippen LogP contribution in [-0.4, -0.2) is 46.6 Å². The van der Waals surface area contributed by atoms with E-state index in [-0.39, 0.29) is 12.6 Å². The molecule has 0 aromatic heterocycles. The minimum atomic E-state index is -0.998. The second-order valence-electron chi connectivity index (χ2n) is 4.26. The zero-order valence-electron chi connectivity index (χ0n) is 12.3. The van der Waals surface area contributed by atoms with Gasteiger partial charge in [0.15, 0.2) is 5.54 Å². The summed E-state index contributed by atoms with van der Waals surface area (Å²) in [5.41, 5.74) is -0.187. The van der Waals surface area contributed by atoms with Crippen molar-refractivity contribution in [1.82, 2.24) is 5.32 Å². The molecule has 5 nitrogen and oxygen atoms in total. The average molecular weight is 281 g/mol. The molecule has 1 atom stereocenters. The van der Waals surface area contributed by atoms with Crippen LogP contribution >= 0.6 is 0 Å². The molecule has 1 unspecified atom stereocenters. The molecule has 0 saturated carbocycles. The Bertz CT molecular complexity index is 396. The molecule has 0 radical (unpaired) electrons. The fraction of sp³-hybridized carbons (Fsp3) is 0.533. The number of carbonyl (C=O) groups excluding carboxylic acids is 1. The van der Waals surface area contributed by atoms with Crippen molar-refractivity contribution in [2.75, 3.05) is 40.6 Å². The number of hydrogen-bond donors (Lipinski definition) is 1. The molecule has 0 aliphatic heterocycles. The van der Waals surface area contributed by atoms with Gasteiger partial charge < -0.3 is 14.2 Å². The monoisotopic (exact) mass is 281 g/mol. The van der Waals surface area contributed by atoms with Gasteiger partial charge in [-0.3, -0.25) is 5.32 Å². The van der Waals surface area contributed by atoms with E-state index in [1.54, 1.807) is 7.05 Å². The third-order valence-corrected chi connectivity index (χ3v) is 3.12. The highest BCUT2D eigenvalue weighted by Crippen LogP contribution is 2.23. The van der Waals surface area contributed by atoms with Crippen molar-refractivity contribution in [3.05, 3.63) is 35.9 Å². The van der Waals surface area contributed by atoms with E-state index in [2.05, 4.69) is 5.32 Å². The quantitative estimate of drug-likeness (QED) is 0.546. The predicted molar refractivity (Wildman–Crippen MR) is 76.5 cm³/mol. The molecule has 112 valence electrons. The predicted octanol–water partition coefficient (Wildman–Crippen LogP) is 1.33. The van der Waals surface area contributed by atoms with Crippen LogP contribution in [0, 0.1) is 0 Å². The SMILES string of the molecule is CCOCCOCC(NC)(C(=O)OC)c1ccccc1. The number of carbonyl (C=O) groups is 1. The summed E-state index contributed by atoms with van der Waals surface area (Å²) in [4.78, 5) is 12.2. The summed E-state index contributed by atoms with van der Waals surface area (Å²) in [6.07, 6.45) is 0. The van der Waals surface area contributed by atoms with Crippen molar-refractivity contribution in [3.8, 4) is 0 Å². The molecule has 0 fully saturated rings. The molecule has 1 aromatic rings.